The van der Waals surface area contributed by atoms with E-state index in [1.54, 1.807) is 0 Å². The van der Waals surface area contributed by atoms with Gasteiger partial charge in [-0.3, -0.25) is 4.79 Å². The Kier molecular flexibility index (Phi) is 3.33. The maximum atomic E-state index is 13.2. The van der Waals surface area contributed by atoms with Crippen molar-refractivity contribution in [3.05, 3.63) is 29.6 Å². The summed E-state index contributed by atoms with van der Waals surface area (Å²) in [5.74, 6) is -3.51. The first-order valence-corrected chi connectivity index (χ1v) is 5.21. The van der Waals surface area contributed by atoms with E-state index >= 15 is 0 Å². The van der Waals surface area contributed by atoms with Crippen LogP contribution in [0.25, 0.3) is 0 Å². The fourth-order valence-corrected chi connectivity index (χ4v) is 1.61. The lowest BCUT2D eigenvalue weighted by atomic mass is 9.99. The molecule has 3 nitrogen and oxygen atoms in total. The molecule has 17 heavy (non-hydrogen) atoms. The summed E-state index contributed by atoms with van der Waals surface area (Å²) in [4.78, 5) is 11.4. The largest absolute Gasteiger partial charge is 0.321 e. The highest BCUT2D eigenvalue weighted by molar-refractivity contribution is 5.91. The van der Waals surface area contributed by atoms with Gasteiger partial charge in [0.15, 0.2) is 11.6 Å². The average Bonchev–Trinajstić information content (AvgIpc) is 2.17. The lowest BCUT2D eigenvalue weighted by Crippen LogP contribution is -2.43. The Morgan fingerprint density at radius 2 is 1.88 bits per heavy atom. The zero-order valence-electron chi connectivity index (χ0n) is 8.90. The highest BCUT2D eigenvalue weighted by Gasteiger charge is 2.21. The molecular formula is C11H11F3N2O. The van der Waals surface area contributed by atoms with Gasteiger partial charge in [-0.15, -0.1) is 0 Å². The van der Waals surface area contributed by atoms with Crippen LogP contribution in [0, 0.1) is 23.4 Å². The number of amides is 1. The van der Waals surface area contributed by atoms with E-state index in [9.17, 15) is 18.0 Å². The van der Waals surface area contributed by atoms with Crippen molar-refractivity contribution in [3.63, 3.8) is 0 Å². The predicted octanol–water partition coefficient (Wildman–Crippen LogP) is 1.65. The third-order valence-electron chi connectivity index (χ3n) is 2.61. The van der Waals surface area contributed by atoms with Crippen LogP contribution in [-0.4, -0.2) is 19.0 Å². The van der Waals surface area contributed by atoms with Gasteiger partial charge in [-0.05, 0) is 19.0 Å². The van der Waals surface area contributed by atoms with E-state index in [0.717, 1.165) is 13.1 Å². The van der Waals surface area contributed by atoms with Crippen LogP contribution >= 0.6 is 0 Å². The number of nitrogens with one attached hydrogen (secondary N) is 2. The Labute approximate surface area is 96.0 Å². The van der Waals surface area contributed by atoms with Crippen molar-refractivity contribution in [2.75, 3.05) is 18.4 Å². The second kappa shape index (κ2) is 4.75. The Balaban J connectivity index is 2.04. The van der Waals surface area contributed by atoms with Gasteiger partial charge in [-0.1, -0.05) is 0 Å². The summed E-state index contributed by atoms with van der Waals surface area (Å²) < 4.78 is 39.0. The van der Waals surface area contributed by atoms with E-state index in [4.69, 9.17) is 0 Å². The summed E-state index contributed by atoms with van der Waals surface area (Å²) in [6.45, 7) is 1.45. The highest BCUT2D eigenvalue weighted by Crippen LogP contribution is 2.21. The van der Waals surface area contributed by atoms with Crippen LogP contribution in [0.3, 0.4) is 0 Å². The molecular weight excluding hydrogens is 233 g/mol. The number of carbonyl (C=O) groups excluding carboxylic acids is 1. The van der Waals surface area contributed by atoms with Gasteiger partial charge in [0.1, 0.15) is 11.5 Å². The van der Waals surface area contributed by atoms with Crippen molar-refractivity contribution in [1.29, 1.82) is 0 Å². The van der Waals surface area contributed by atoms with Crippen LogP contribution in [0.1, 0.15) is 6.42 Å². The van der Waals surface area contributed by atoms with Crippen molar-refractivity contribution in [3.8, 4) is 0 Å². The van der Waals surface area contributed by atoms with Gasteiger partial charge in [0.05, 0.1) is 0 Å². The molecule has 1 aliphatic heterocycles. The van der Waals surface area contributed by atoms with Crippen molar-refractivity contribution >= 4 is 11.6 Å². The molecule has 0 unspecified atom stereocenters. The molecule has 1 heterocycles. The molecule has 0 atom stereocenters. The summed E-state index contributed by atoms with van der Waals surface area (Å²) >= 11 is 0. The zero-order valence-corrected chi connectivity index (χ0v) is 8.90. The molecule has 2 N–H and O–H groups in total. The number of rotatable bonds is 3. The van der Waals surface area contributed by atoms with E-state index in [0.29, 0.717) is 12.1 Å². The fourth-order valence-electron chi connectivity index (χ4n) is 1.61. The molecule has 1 fully saturated rings. The number of halogens is 3. The quantitative estimate of drug-likeness (QED) is 0.848. The van der Waals surface area contributed by atoms with E-state index in [-0.39, 0.29) is 12.3 Å². The highest BCUT2D eigenvalue weighted by atomic mass is 19.1. The molecule has 1 aromatic rings. The number of hydrogen-bond donors (Lipinski definition) is 2. The van der Waals surface area contributed by atoms with Gasteiger partial charge >= 0.3 is 0 Å². The molecule has 0 radical (unpaired) electrons. The molecule has 0 aromatic heterocycles. The zero-order chi connectivity index (χ0) is 12.4. The minimum atomic E-state index is -1.11. The minimum absolute atomic E-state index is 0.196. The molecule has 6 heteroatoms. The summed E-state index contributed by atoms with van der Waals surface area (Å²) in [6, 6.07) is 1.06. The first kappa shape index (κ1) is 11.9. The third kappa shape index (κ3) is 2.76. The van der Waals surface area contributed by atoms with Crippen LogP contribution in [0.4, 0.5) is 18.9 Å². The molecule has 1 saturated heterocycles. The SMILES string of the molecule is O=C(CC1CNC1)Nc1c(F)cc(F)cc1F. The summed E-state index contributed by atoms with van der Waals surface area (Å²) in [5.41, 5.74) is -0.594. The van der Waals surface area contributed by atoms with Crippen molar-refractivity contribution in [1.82, 2.24) is 5.32 Å². The summed E-state index contributed by atoms with van der Waals surface area (Å²) in [6.07, 6.45) is 0.198. The van der Waals surface area contributed by atoms with Gasteiger partial charge in [-0.2, -0.15) is 0 Å². The number of benzene rings is 1. The van der Waals surface area contributed by atoms with Crippen LogP contribution in [0.5, 0.6) is 0 Å². The Hall–Kier alpha value is -1.56. The Morgan fingerprint density at radius 3 is 2.35 bits per heavy atom. The summed E-state index contributed by atoms with van der Waals surface area (Å²) in [5, 5.41) is 5.10. The molecule has 0 spiro atoms. The van der Waals surface area contributed by atoms with Gasteiger partial charge in [0.2, 0.25) is 5.91 Å². The molecule has 0 aliphatic carbocycles. The first-order chi connectivity index (χ1) is 8.06. The number of carbonyl (C=O) groups is 1. The lowest BCUT2D eigenvalue weighted by Gasteiger charge is -2.26. The van der Waals surface area contributed by atoms with E-state index in [1.165, 1.54) is 0 Å². The smallest absolute Gasteiger partial charge is 0.224 e. The average molecular weight is 244 g/mol. The monoisotopic (exact) mass is 244 g/mol. The number of anilines is 1. The Bertz CT molecular complexity index is 423. The molecule has 1 aliphatic rings. The standard InChI is InChI=1S/C11H11F3N2O/c12-7-2-8(13)11(9(14)3-7)16-10(17)1-6-4-15-5-6/h2-3,6,15H,1,4-5H2,(H,16,17). The van der Waals surface area contributed by atoms with Gasteiger partial charge < -0.3 is 10.6 Å². The molecule has 0 saturated carbocycles. The van der Waals surface area contributed by atoms with Crippen molar-refractivity contribution in [2.24, 2.45) is 5.92 Å². The second-order valence-electron chi connectivity index (χ2n) is 4.02. The molecule has 1 amide bonds. The van der Waals surface area contributed by atoms with Gasteiger partial charge in [0.25, 0.3) is 0 Å². The van der Waals surface area contributed by atoms with E-state index in [1.807, 2.05) is 0 Å². The lowest BCUT2D eigenvalue weighted by molar-refractivity contribution is -0.117. The maximum absolute atomic E-state index is 13.2. The molecule has 1 aromatic carbocycles. The van der Waals surface area contributed by atoms with Crippen LogP contribution < -0.4 is 10.6 Å². The van der Waals surface area contributed by atoms with Crippen molar-refractivity contribution in [2.45, 2.75) is 6.42 Å². The maximum Gasteiger partial charge on any atom is 0.224 e. The third-order valence-corrected chi connectivity index (χ3v) is 2.61. The van der Waals surface area contributed by atoms with Gasteiger partial charge in [-0.25, -0.2) is 13.2 Å². The second-order valence-corrected chi connectivity index (χ2v) is 4.02. The van der Waals surface area contributed by atoms with Gasteiger partial charge in [0, 0.05) is 18.6 Å². The van der Waals surface area contributed by atoms with Crippen LogP contribution in [-0.2, 0) is 4.79 Å². The topological polar surface area (TPSA) is 41.1 Å². The summed E-state index contributed by atoms with van der Waals surface area (Å²) in [7, 11) is 0. The van der Waals surface area contributed by atoms with Crippen LogP contribution in [0.2, 0.25) is 0 Å². The molecule has 0 bridgehead atoms. The van der Waals surface area contributed by atoms with E-state index < -0.39 is 29.0 Å². The minimum Gasteiger partial charge on any atom is -0.321 e. The molecule has 2 rings (SSSR count). The Morgan fingerprint density at radius 1 is 1.29 bits per heavy atom. The number of hydrogen-bond acceptors (Lipinski definition) is 2. The van der Waals surface area contributed by atoms with Crippen molar-refractivity contribution < 1.29 is 18.0 Å². The fraction of sp³-hybridized carbons (Fsp3) is 0.364. The van der Waals surface area contributed by atoms with Crippen LogP contribution in [0.15, 0.2) is 12.1 Å². The first-order valence-electron chi connectivity index (χ1n) is 5.21. The molecule has 92 valence electrons. The normalized spacial score (nSPS) is 15.5. The van der Waals surface area contributed by atoms with E-state index in [2.05, 4.69) is 10.6 Å². The predicted molar refractivity (Wildman–Crippen MR) is 55.9 cm³/mol.